The van der Waals surface area contributed by atoms with Gasteiger partial charge in [-0.25, -0.2) is 15.0 Å². The molecule has 0 heterocycles. The van der Waals surface area contributed by atoms with E-state index in [-0.39, 0.29) is 12.7 Å². The topological polar surface area (TPSA) is 137 Å². The molecule has 0 bridgehead atoms. The van der Waals surface area contributed by atoms with E-state index >= 15 is 0 Å². The molecule has 0 saturated carbocycles. The van der Waals surface area contributed by atoms with Gasteiger partial charge in [-0.05, 0) is 13.3 Å². The van der Waals surface area contributed by atoms with E-state index in [4.69, 9.17) is 35.0 Å². The minimum Gasteiger partial charge on any atom is -0.478 e. The maximum Gasteiger partial charge on any atom is 0.327 e. The molecule has 0 spiro atoms. The number of carboxylic acid groups (broad SMARTS) is 1. The molecule has 0 aliphatic carbocycles. The minimum atomic E-state index is -0.891. The van der Waals surface area contributed by atoms with Gasteiger partial charge in [0.05, 0.1) is 39.1 Å². The maximum atomic E-state index is 9.51. The Morgan fingerprint density at radius 3 is 2.19 bits per heavy atom. The first-order valence-corrected chi connectivity index (χ1v) is 6.33. The average Bonchev–Trinajstić information content (AvgIpc) is 2.43. The van der Waals surface area contributed by atoms with E-state index in [9.17, 15) is 4.79 Å². The molecule has 0 fully saturated rings. The van der Waals surface area contributed by atoms with Crippen LogP contribution in [0.15, 0.2) is 12.2 Å². The molecule has 0 radical (unpaired) electrons. The number of aliphatic hydroxyl groups is 2. The standard InChI is InChI=1S/C8H18O4.C4H6O2.CHNO/c1-2-8(10)7-12-6-5-11-4-3-9;1-2-3-4(5)6;2-1-3/h8-10H,2-7H2,1H3;2-3H,1H3,(H,5,6);2H. The molecule has 4 N–H and O–H groups in total. The Labute approximate surface area is 124 Å². The van der Waals surface area contributed by atoms with Crippen LogP contribution in [0, 0.1) is 5.41 Å². The van der Waals surface area contributed by atoms with Gasteiger partial charge in [-0.1, -0.05) is 13.0 Å². The highest BCUT2D eigenvalue weighted by Crippen LogP contribution is 1.90. The zero-order chi connectivity index (χ0) is 16.9. The van der Waals surface area contributed by atoms with Crippen molar-refractivity contribution >= 4 is 12.0 Å². The molecule has 0 saturated heterocycles. The summed E-state index contributed by atoms with van der Waals surface area (Å²) in [5, 5.41) is 30.6. The molecule has 21 heavy (non-hydrogen) atoms. The molecule has 0 aliphatic heterocycles. The van der Waals surface area contributed by atoms with Crippen molar-refractivity contribution in [3.05, 3.63) is 12.2 Å². The van der Waals surface area contributed by atoms with Crippen LogP contribution in [-0.4, -0.2) is 66.5 Å². The number of hydrogen-bond acceptors (Lipinski definition) is 7. The normalized spacial score (nSPS) is 10.7. The van der Waals surface area contributed by atoms with Gasteiger partial charge in [0.1, 0.15) is 0 Å². The van der Waals surface area contributed by atoms with E-state index < -0.39 is 5.97 Å². The Hall–Kier alpha value is -1.57. The summed E-state index contributed by atoms with van der Waals surface area (Å²) in [7, 11) is 0. The molecule has 1 atom stereocenters. The zero-order valence-electron chi connectivity index (χ0n) is 12.4. The lowest BCUT2D eigenvalue weighted by Crippen LogP contribution is -2.16. The predicted octanol–water partition coefficient (Wildman–Crippen LogP) is 0.331. The van der Waals surface area contributed by atoms with Crippen molar-refractivity contribution in [2.75, 3.05) is 33.0 Å². The van der Waals surface area contributed by atoms with E-state index in [0.29, 0.717) is 32.8 Å². The van der Waals surface area contributed by atoms with Crippen LogP contribution < -0.4 is 0 Å². The monoisotopic (exact) mass is 307 g/mol. The minimum absolute atomic E-state index is 0.0393. The molecule has 0 rings (SSSR count). The van der Waals surface area contributed by atoms with Crippen LogP contribution in [0.3, 0.4) is 0 Å². The van der Waals surface area contributed by atoms with Gasteiger partial charge in [0.2, 0.25) is 6.08 Å². The van der Waals surface area contributed by atoms with Gasteiger partial charge in [0.25, 0.3) is 0 Å². The number of nitrogens with one attached hydrogen (secondary N) is 1. The Morgan fingerprint density at radius 2 is 1.86 bits per heavy atom. The van der Waals surface area contributed by atoms with E-state index in [0.717, 1.165) is 12.2 Å². The van der Waals surface area contributed by atoms with Crippen LogP contribution in [0.25, 0.3) is 0 Å². The van der Waals surface area contributed by atoms with Gasteiger partial charge >= 0.3 is 5.97 Å². The summed E-state index contributed by atoms with van der Waals surface area (Å²) < 4.78 is 10.0. The lowest BCUT2D eigenvalue weighted by atomic mass is 10.3. The van der Waals surface area contributed by atoms with Gasteiger partial charge in [-0.15, -0.1) is 0 Å². The van der Waals surface area contributed by atoms with Crippen molar-refractivity contribution in [3.63, 3.8) is 0 Å². The first kappa shape index (κ1) is 24.4. The van der Waals surface area contributed by atoms with E-state index in [2.05, 4.69) is 0 Å². The number of carbonyl (C=O) groups is 1. The molecular weight excluding hydrogens is 282 g/mol. The van der Waals surface area contributed by atoms with Crippen molar-refractivity contribution in [2.45, 2.75) is 26.4 Å². The van der Waals surface area contributed by atoms with Crippen molar-refractivity contribution < 1.29 is 34.4 Å². The number of aliphatic carboxylic acids is 1. The number of rotatable bonds is 9. The summed E-state index contributed by atoms with van der Waals surface area (Å²) >= 11 is 0. The number of hydrogen-bond donors (Lipinski definition) is 4. The number of ether oxygens (including phenoxy) is 2. The van der Waals surface area contributed by atoms with Crippen LogP contribution in [0.5, 0.6) is 0 Å². The lowest BCUT2D eigenvalue weighted by Gasteiger charge is -2.08. The second kappa shape index (κ2) is 23.5. The third-order valence-corrected chi connectivity index (χ3v) is 1.70. The Morgan fingerprint density at radius 1 is 1.33 bits per heavy atom. The van der Waals surface area contributed by atoms with Crippen molar-refractivity contribution in [2.24, 2.45) is 0 Å². The SMILES string of the molecule is CC=CC(=O)O.CCC(O)COCCOCCO.N=C=O. The Bertz CT molecular complexity index is 276. The van der Waals surface area contributed by atoms with Gasteiger partial charge in [-0.3, -0.25) is 0 Å². The second-order valence-electron chi connectivity index (χ2n) is 3.41. The highest BCUT2D eigenvalue weighted by Gasteiger charge is 1.98. The molecule has 8 nitrogen and oxygen atoms in total. The molecule has 0 aromatic carbocycles. The van der Waals surface area contributed by atoms with Crippen LogP contribution in [-0.2, 0) is 19.1 Å². The number of isocyanates is 1. The zero-order valence-corrected chi connectivity index (χ0v) is 12.4. The summed E-state index contributed by atoms with van der Waals surface area (Å²) in [4.78, 5) is 17.9. The van der Waals surface area contributed by atoms with Crippen LogP contribution in [0.2, 0.25) is 0 Å². The predicted molar refractivity (Wildman–Crippen MR) is 75.9 cm³/mol. The van der Waals surface area contributed by atoms with Crippen molar-refractivity contribution in [3.8, 4) is 0 Å². The molecule has 8 heteroatoms. The smallest absolute Gasteiger partial charge is 0.327 e. The maximum absolute atomic E-state index is 9.51. The van der Waals surface area contributed by atoms with Crippen LogP contribution >= 0.6 is 0 Å². The fourth-order valence-electron chi connectivity index (χ4n) is 0.764. The summed E-state index contributed by atoms with van der Waals surface area (Å²) in [5.74, 6) is -0.891. The summed E-state index contributed by atoms with van der Waals surface area (Å²) in [5.41, 5.74) is 0. The van der Waals surface area contributed by atoms with Gasteiger partial charge < -0.3 is 24.8 Å². The molecule has 0 aromatic rings. The third kappa shape index (κ3) is 38.1. The quantitative estimate of drug-likeness (QED) is 0.208. The highest BCUT2D eigenvalue weighted by atomic mass is 16.5. The fraction of sp³-hybridized carbons (Fsp3) is 0.692. The van der Waals surface area contributed by atoms with Gasteiger partial charge in [0.15, 0.2) is 0 Å². The lowest BCUT2D eigenvalue weighted by molar-refractivity contribution is -0.131. The van der Waals surface area contributed by atoms with Gasteiger partial charge in [0, 0.05) is 6.08 Å². The van der Waals surface area contributed by atoms with E-state index in [1.807, 2.05) is 6.92 Å². The first-order valence-electron chi connectivity index (χ1n) is 6.33. The van der Waals surface area contributed by atoms with Crippen molar-refractivity contribution in [1.82, 2.24) is 0 Å². The Balaban J connectivity index is -0.000000300. The molecule has 0 amide bonds. The third-order valence-electron chi connectivity index (χ3n) is 1.70. The molecule has 0 aliphatic rings. The number of carbonyl (C=O) groups excluding carboxylic acids is 1. The summed E-state index contributed by atoms with van der Waals surface area (Å²) in [6.45, 7) is 5.24. The molecule has 0 aromatic heterocycles. The van der Waals surface area contributed by atoms with Crippen LogP contribution in [0.4, 0.5) is 0 Å². The van der Waals surface area contributed by atoms with E-state index in [1.165, 1.54) is 6.08 Å². The molecule has 124 valence electrons. The number of carboxylic acids is 1. The second-order valence-corrected chi connectivity index (χ2v) is 3.41. The van der Waals surface area contributed by atoms with Crippen LogP contribution in [0.1, 0.15) is 20.3 Å². The summed E-state index contributed by atoms with van der Waals surface area (Å²) in [6.07, 6.45) is 3.64. The first-order chi connectivity index (χ1) is 9.99. The van der Waals surface area contributed by atoms with Crippen molar-refractivity contribution in [1.29, 1.82) is 5.41 Å². The molecule has 1 unspecified atom stereocenters. The van der Waals surface area contributed by atoms with E-state index in [1.54, 1.807) is 6.92 Å². The highest BCUT2D eigenvalue weighted by molar-refractivity contribution is 5.79. The van der Waals surface area contributed by atoms with Gasteiger partial charge in [-0.2, -0.15) is 0 Å². The number of aliphatic hydroxyl groups excluding tert-OH is 2. The number of allylic oxidation sites excluding steroid dienone is 1. The molecular formula is C13H25NO7. The average molecular weight is 307 g/mol. The Kier molecular flexibility index (Phi) is 27.4. The largest absolute Gasteiger partial charge is 0.478 e. The summed E-state index contributed by atoms with van der Waals surface area (Å²) in [6, 6.07) is 0. The fourth-order valence-corrected chi connectivity index (χ4v) is 0.764.